The Balaban J connectivity index is 1.94. The van der Waals surface area contributed by atoms with Gasteiger partial charge in [-0.25, -0.2) is 0 Å². The molecule has 0 aromatic carbocycles. The van der Waals surface area contributed by atoms with Crippen molar-refractivity contribution in [2.24, 2.45) is 0 Å². The highest BCUT2D eigenvalue weighted by Gasteiger charge is 2.39. The molecule has 1 heterocycles. The molecular weight excluding hydrogens is 220 g/mol. The lowest BCUT2D eigenvalue weighted by Gasteiger charge is -2.16. The minimum Gasteiger partial charge on any atom is -0.469 e. The highest BCUT2D eigenvalue weighted by Crippen LogP contribution is 2.33. The zero-order valence-corrected chi connectivity index (χ0v) is 10.4. The van der Waals surface area contributed by atoms with Crippen molar-refractivity contribution in [2.75, 3.05) is 7.11 Å². The summed E-state index contributed by atoms with van der Waals surface area (Å²) in [6.07, 6.45) is 7.04. The van der Waals surface area contributed by atoms with Crippen molar-refractivity contribution in [3.8, 4) is 0 Å². The summed E-state index contributed by atoms with van der Waals surface area (Å²) in [6.45, 7) is 3.81. The molecule has 2 aliphatic rings. The fraction of sp³-hybridized carbons (Fsp3) is 0.615. The minimum absolute atomic E-state index is 0.00752. The Bertz CT molecular complexity index is 368. The molecule has 17 heavy (non-hydrogen) atoms. The number of allylic oxidation sites excluding steroid dienone is 2. The predicted octanol–water partition coefficient (Wildman–Crippen LogP) is 1.96. The SMILES string of the molecule is COC(=O)CCC1=C[C@@H]2OC(C)(C)O[C@@H]2C=C1. The molecule has 0 aromatic rings. The standard InChI is InChI=1S/C13H18O4/c1-13(2)16-10-6-4-9(8-11(10)17-13)5-7-12(14)15-3/h4,6,8,10-11H,5,7H2,1-3H3/t10-,11+/m1/s1. The molecule has 0 amide bonds. The molecule has 0 saturated carbocycles. The van der Waals surface area contributed by atoms with E-state index in [1.54, 1.807) is 0 Å². The van der Waals surface area contributed by atoms with E-state index < -0.39 is 5.79 Å². The van der Waals surface area contributed by atoms with Gasteiger partial charge in [0.15, 0.2) is 5.79 Å². The van der Waals surface area contributed by atoms with Crippen LogP contribution in [0.5, 0.6) is 0 Å². The van der Waals surface area contributed by atoms with Gasteiger partial charge in [0.25, 0.3) is 0 Å². The molecule has 0 N–H and O–H groups in total. The van der Waals surface area contributed by atoms with Crippen LogP contribution < -0.4 is 0 Å². The normalized spacial score (nSPS) is 29.7. The first kappa shape index (κ1) is 12.3. The van der Waals surface area contributed by atoms with Crippen molar-refractivity contribution in [1.82, 2.24) is 0 Å². The van der Waals surface area contributed by atoms with Gasteiger partial charge in [-0.2, -0.15) is 0 Å². The van der Waals surface area contributed by atoms with Gasteiger partial charge in [-0.15, -0.1) is 0 Å². The van der Waals surface area contributed by atoms with Gasteiger partial charge in [-0.3, -0.25) is 4.79 Å². The van der Waals surface area contributed by atoms with Gasteiger partial charge >= 0.3 is 5.97 Å². The van der Waals surface area contributed by atoms with Crippen molar-refractivity contribution in [3.63, 3.8) is 0 Å². The first-order chi connectivity index (χ1) is 8.00. The Labute approximate surface area is 101 Å². The average Bonchev–Trinajstić information content (AvgIpc) is 2.58. The highest BCUT2D eigenvalue weighted by atomic mass is 16.7. The van der Waals surface area contributed by atoms with E-state index in [0.717, 1.165) is 5.57 Å². The zero-order chi connectivity index (χ0) is 12.5. The fourth-order valence-corrected chi connectivity index (χ4v) is 2.10. The third kappa shape index (κ3) is 2.96. The molecule has 2 atom stereocenters. The van der Waals surface area contributed by atoms with Crippen LogP contribution in [0, 0.1) is 0 Å². The lowest BCUT2D eigenvalue weighted by Crippen LogP contribution is -2.21. The molecule has 0 aromatic heterocycles. The summed E-state index contributed by atoms with van der Waals surface area (Å²) in [5.74, 6) is -0.723. The second kappa shape index (κ2) is 4.63. The quantitative estimate of drug-likeness (QED) is 0.705. The van der Waals surface area contributed by atoms with Crippen LogP contribution in [0.15, 0.2) is 23.8 Å². The number of carbonyl (C=O) groups is 1. The molecule has 0 radical (unpaired) electrons. The number of hydrogen-bond acceptors (Lipinski definition) is 4. The van der Waals surface area contributed by atoms with Gasteiger partial charge in [0.2, 0.25) is 0 Å². The van der Waals surface area contributed by atoms with E-state index >= 15 is 0 Å². The molecule has 1 saturated heterocycles. The summed E-state index contributed by atoms with van der Waals surface area (Å²) in [6, 6.07) is 0. The molecule has 4 nitrogen and oxygen atoms in total. The second-order valence-corrected chi connectivity index (χ2v) is 4.74. The lowest BCUT2D eigenvalue weighted by molar-refractivity contribution is -0.140. The van der Waals surface area contributed by atoms with Gasteiger partial charge in [0, 0.05) is 6.42 Å². The van der Waals surface area contributed by atoms with Crippen LogP contribution in [0.1, 0.15) is 26.7 Å². The third-order valence-corrected chi connectivity index (χ3v) is 2.89. The zero-order valence-electron chi connectivity index (χ0n) is 10.4. The molecule has 1 fully saturated rings. The Hall–Kier alpha value is -1.13. The van der Waals surface area contributed by atoms with Crippen LogP contribution >= 0.6 is 0 Å². The van der Waals surface area contributed by atoms with Crippen LogP contribution in [-0.4, -0.2) is 31.1 Å². The molecule has 94 valence electrons. The van der Waals surface area contributed by atoms with E-state index in [1.807, 2.05) is 32.1 Å². The second-order valence-electron chi connectivity index (χ2n) is 4.74. The molecule has 0 unspecified atom stereocenters. The monoisotopic (exact) mass is 238 g/mol. The summed E-state index contributed by atoms with van der Waals surface area (Å²) in [5, 5.41) is 0. The summed E-state index contributed by atoms with van der Waals surface area (Å²) < 4.78 is 16.1. The van der Waals surface area contributed by atoms with Crippen molar-refractivity contribution in [1.29, 1.82) is 0 Å². The van der Waals surface area contributed by atoms with Crippen LogP contribution in [0.4, 0.5) is 0 Å². The number of rotatable bonds is 3. The average molecular weight is 238 g/mol. The summed E-state index contributed by atoms with van der Waals surface area (Å²) in [4.78, 5) is 11.1. The van der Waals surface area contributed by atoms with Gasteiger partial charge in [0.1, 0.15) is 12.2 Å². The predicted molar refractivity (Wildman–Crippen MR) is 62.3 cm³/mol. The van der Waals surface area contributed by atoms with Gasteiger partial charge in [0.05, 0.1) is 7.11 Å². The van der Waals surface area contributed by atoms with Gasteiger partial charge in [-0.05, 0) is 31.9 Å². The Kier molecular flexibility index (Phi) is 3.35. The van der Waals surface area contributed by atoms with E-state index in [-0.39, 0.29) is 18.2 Å². The number of hydrogen-bond donors (Lipinski definition) is 0. The largest absolute Gasteiger partial charge is 0.469 e. The van der Waals surface area contributed by atoms with Crippen LogP contribution in [0.2, 0.25) is 0 Å². The van der Waals surface area contributed by atoms with Gasteiger partial charge in [-0.1, -0.05) is 12.2 Å². The topological polar surface area (TPSA) is 44.8 Å². The molecule has 1 aliphatic carbocycles. The number of carbonyl (C=O) groups excluding carboxylic acids is 1. The number of methoxy groups -OCH3 is 1. The van der Waals surface area contributed by atoms with E-state index in [1.165, 1.54) is 7.11 Å². The first-order valence-electron chi connectivity index (χ1n) is 5.81. The maximum absolute atomic E-state index is 11.1. The summed E-state index contributed by atoms with van der Waals surface area (Å²) in [5.41, 5.74) is 1.10. The Morgan fingerprint density at radius 3 is 2.82 bits per heavy atom. The van der Waals surface area contributed by atoms with Crippen LogP contribution in [0.3, 0.4) is 0 Å². The van der Waals surface area contributed by atoms with Crippen molar-refractivity contribution in [3.05, 3.63) is 23.8 Å². The van der Waals surface area contributed by atoms with E-state index in [2.05, 4.69) is 4.74 Å². The smallest absolute Gasteiger partial charge is 0.305 e. The number of ether oxygens (including phenoxy) is 3. The molecule has 4 heteroatoms. The van der Waals surface area contributed by atoms with E-state index in [9.17, 15) is 4.79 Å². The van der Waals surface area contributed by atoms with Crippen molar-refractivity contribution >= 4 is 5.97 Å². The van der Waals surface area contributed by atoms with Crippen molar-refractivity contribution < 1.29 is 19.0 Å². The molecule has 0 spiro atoms. The van der Waals surface area contributed by atoms with Crippen molar-refractivity contribution in [2.45, 2.75) is 44.7 Å². The van der Waals surface area contributed by atoms with E-state index in [4.69, 9.17) is 9.47 Å². The lowest BCUT2D eigenvalue weighted by atomic mass is 9.99. The van der Waals surface area contributed by atoms with Crippen LogP contribution in [-0.2, 0) is 19.0 Å². The summed E-state index contributed by atoms with van der Waals surface area (Å²) >= 11 is 0. The molecule has 0 bridgehead atoms. The molecule has 2 rings (SSSR count). The highest BCUT2D eigenvalue weighted by molar-refractivity contribution is 5.69. The van der Waals surface area contributed by atoms with Gasteiger partial charge < -0.3 is 14.2 Å². The maximum atomic E-state index is 11.1. The Morgan fingerprint density at radius 2 is 2.12 bits per heavy atom. The summed E-state index contributed by atoms with van der Waals surface area (Å²) in [7, 11) is 1.40. The molecular formula is C13H18O4. The molecule has 1 aliphatic heterocycles. The fourth-order valence-electron chi connectivity index (χ4n) is 2.10. The number of fused-ring (bicyclic) bond motifs is 1. The minimum atomic E-state index is -0.534. The maximum Gasteiger partial charge on any atom is 0.305 e. The van der Waals surface area contributed by atoms with E-state index in [0.29, 0.717) is 12.8 Å². The first-order valence-corrected chi connectivity index (χ1v) is 5.81. The Morgan fingerprint density at radius 1 is 1.41 bits per heavy atom. The third-order valence-electron chi connectivity index (χ3n) is 2.89. The van der Waals surface area contributed by atoms with Crippen LogP contribution in [0.25, 0.3) is 0 Å². The number of esters is 1.